The minimum absolute atomic E-state index is 0.0610. The summed E-state index contributed by atoms with van der Waals surface area (Å²) in [5.74, 6) is 0.0221. The van der Waals surface area contributed by atoms with Gasteiger partial charge in [0.1, 0.15) is 0 Å². The first kappa shape index (κ1) is 13.7. The average molecular weight is 253 g/mol. The van der Waals surface area contributed by atoms with Crippen molar-refractivity contribution in [2.45, 2.75) is 19.9 Å². The van der Waals surface area contributed by atoms with E-state index >= 15 is 0 Å². The Morgan fingerprint density at radius 2 is 2.28 bits per heavy atom. The van der Waals surface area contributed by atoms with Crippen LogP contribution >= 0.6 is 0 Å². The number of aromatic nitrogens is 1. The summed E-state index contributed by atoms with van der Waals surface area (Å²) >= 11 is 0. The minimum atomic E-state index is -0.546. The van der Waals surface area contributed by atoms with Gasteiger partial charge in [0.15, 0.2) is 5.84 Å². The number of amidine groups is 1. The van der Waals surface area contributed by atoms with Crippen molar-refractivity contribution >= 4 is 17.3 Å². The molecule has 0 amide bonds. The zero-order chi connectivity index (χ0) is 13.9. The summed E-state index contributed by atoms with van der Waals surface area (Å²) in [6, 6.07) is 1.29. The Morgan fingerprint density at radius 1 is 1.67 bits per heavy atom. The smallest absolute Gasteiger partial charge is 0.312 e. The SMILES string of the molecule is CC(C)N(C)c1ncc(C(N)=NO)cc1[N+](=O)[O-]. The Morgan fingerprint density at radius 3 is 2.72 bits per heavy atom. The third kappa shape index (κ3) is 2.65. The van der Waals surface area contributed by atoms with Gasteiger partial charge in [-0.05, 0) is 13.8 Å². The topological polar surface area (TPSA) is 118 Å². The van der Waals surface area contributed by atoms with Crippen LogP contribution < -0.4 is 10.6 Å². The van der Waals surface area contributed by atoms with Crippen molar-refractivity contribution in [1.82, 2.24) is 4.98 Å². The molecule has 0 radical (unpaired) electrons. The van der Waals surface area contributed by atoms with Crippen molar-refractivity contribution in [3.8, 4) is 0 Å². The number of anilines is 1. The minimum Gasteiger partial charge on any atom is -0.409 e. The van der Waals surface area contributed by atoms with Gasteiger partial charge in [0.25, 0.3) is 0 Å². The van der Waals surface area contributed by atoms with E-state index in [2.05, 4.69) is 10.1 Å². The van der Waals surface area contributed by atoms with Crippen LogP contribution in [-0.4, -0.2) is 34.0 Å². The van der Waals surface area contributed by atoms with E-state index in [0.717, 1.165) is 0 Å². The fraction of sp³-hybridized carbons (Fsp3) is 0.400. The number of nitrogens with zero attached hydrogens (tertiary/aromatic N) is 4. The zero-order valence-corrected chi connectivity index (χ0v) is 10.4. The van der Waals surface area contributed by atoms with Gasteiger partial charge in [-0.3, -0.25) is 10.1 Å². The summed E-state index contributed by atoms with van der Waals surface area (Å²) in [6.07, 6.45) is 1.33. The van der Waals surface area contributed by atoms with Crippen LogP contribution in [0.5, 0.6) is 0 Å². The molecule has 1 rings (SSSR count). The molecule has 0 spiro atoms. The van der Waals surface area contributed by atoms with Crippen molar-refractivity contribution in [3.63, 3.8) is 0 Å². The third-order valence-electron chi connectivity index (χ3n) is 2.56. The van der Waals surface area contributed by atoms with E-state index in [1.807, 2.05) is 13.8 Å². The predicted octanol–water partition coefficient (Wildman–Crippen LogP) is 0.929. The molecule has 0 aliphatic carbocycles. The van der Waals surface area contributed by atoms with Crippen LogP contribution in [0.2, 0.25) is 0 Å². The van der Waals surface area contributed by atoms with Gasteiger partial charge < -0.3 is 15.8 Å². The summed E-state index contributed by atoms with van der Waals surface area (Å²) in [4.78, 5) is 16.1. The molecule has 0 aliphatic rings. The van der Waals surface area contributed by atoms with Gasteiger partial charge in [-0.15, -0.1) is 0 Å². The van der Waals surface area contributed by atoms with E-state index < -0.39 is 4.92 Å². The first-order valence-corrected chi connectivity index (χ1v) is 5.23. The number of pyridine rings is 1. The summed E-state index contributed by atoms with van der Waals surface area (Å²) < 4.78 is 0. The first-order chi connectivity index (χ1) is 8.38. The molecule has 98 valence electrons. The molecule has 0 saturated heterocycles. The summed E-state index contributed by atoms with van der Waals surface area (Å²) in [5, 5.41) is 22.3. The highest BCUT2D eigenvalue weighted by atomic mass is 16.6. The molecular formula is C10H15N5O3. The molecule has 0 saturated carbocycles. The quantitative estimate of drug-likeness (QED) is 0.271. The number of nitrogens with two attached hydrogens (primary N) is 1. The number of oxime groups is 1. The van der Waals surface area contributed by atoms with Crippen LogP contribution in [0.25, 0.3) is 0 Å². The lowest BCUT2D eigenvalue weighted by Crippen LogP contribution is -2.27. The Bertz CT molecular complexity index is 486. The molecule has 0 aromatic carbocycles. The number of rotatable bonds is 4. The van der Waals surface area contributed by atoms with Crippen LogP contribution in [0, 0.1) is 10.1 Å². The first-order valence-electron chi connectivity index (χ1n) is 5.23. The number of nitro groups is 1. The van der Waals surface area contributed by atoms with Crippen LogP contribution in [-0.2, 0) is 0 Å². The summed E-state index contributed by atoms with van der Waals surface area (Å²) in [6.45, 7) is 3.78. The maximum Gasteiger partial charge on any atom is 0.312 e. The molecule has 0 fully saturated rings. The lowest BCUT2D eigenvalue weighted by molar-refractivity contribution is -0.384. The highest BCUT2D eigenvalue weighted by molar-refractivity contribution is 5.97. The molecule has 0 aliphatic heterocycles. The van der Waals surface area contributed by atoms with Crippen LogP contribution in [0.1, 0.15) is 19.4 Å². The highest BCUT2D eigenvalue weighted by Crippen LogP contribution is 2.26. The second-order valence-corrected chi connectivity index (χ2v) is 4.01. The molecular weight excluding hydrogens is 238 g/mol. The van der Waals surface area contributed by atoms with Crippen LogP contribution in [0.15, 0.2) is 17.4 Å². The molecule has 3 N–H and O–H groups in total. The molecule has 1 aromatic rings. The van der Waals surface area contributed by atoms with Crippen molar-refractivity contribution < 1.29 is 10.1 Å². The molecule has 18 heavy (non-hydrogen) atoms. The maximum atomic E-state index is 11.0. The average Bonchev–Trinajstić information content (AvgIpc) is 2.35. The Labute approximate surface area is 104 Å². The standard InChI is InChI=1S/C10H15N5O3/c1-6(2)14(3)10-8(15(17)18)4-7(5-12-10)9(11)13-16/h4-6,16H,1-3H3,(H2,11,13). The molecule has 0 atom stereocenters. The molecule has 0 unspecified atom stereocenters. The van der Waals surface area contributed by atoms with E-state index in [0.29, 0.717) is 0 Å². The van der Waals surface area contributed by atoms with Crippen molar-refractivity contribution in [2.24, 2.45) is 10.9 Å². The summed E-state index contributed by atoms with van der Waals surface area (Å²) in [7, 11) is 1.71. The van der Waals surface area contributed by atoms with E-state index in [-0.39, 0.29) is 28.9 Å². The van der Waals surface area contributed by atoms with Crippen molar-refractivity contribution in [1.29, 1.82) is 0 Å². The van der Waals surface area contributed by atoms with Gasteiger partial charge in [0.2, 0.25) is 5.82 Å². The van der Waals surface area contributed by atoms with Gasteiger partial charge in [0.05, 0.1) is 4.92 Å². The Hall–Kier alpha value is -2.38. The Kier molecular flexibility index (Phi) is 4.03. The monoisotopic (exact) mass is 253 g/mol. The fourth-order valence-corrected chi connectivity index (χ4v) is 1.29. The molecule has 1 aromatic heterocycles. The lowest BCUT2D eigenvalue weighted by Gasteiger charge is -2.22. The van der Waals surface area contributed by atoms with E-state index in [9.17, 15) is 10.1 Å². The molecule has 1 heterocycles. The molecule has 8 nitrogen and oxygen atoms in total. The summed E-state index contributed by atoms with van der Waals surface area (Å²) in [5.41, 5.74) is 5.39. The zero-order valence-electron chi connectivity index (χ0n) is 10.4. The number of hydrogen-bond donors (Lipinski definition) is 2. The fourth-order valence-electron chi connectivity index (χ4n) is 1.29. The van der Waals surface area contributed by atoms with Gasteiger partial charge >= 0.3 is 5.69 Å². The second-order valence-electron chi connectivity index (χ2n) is 4.01. The van der Waals surface area contributed by atoms with Gasteiger partial charge in [-0.2, -0.15) is 0 Å². The lowest BCUT2D eigenvalue weighted by atomic mass is 10.2. The van der Waals surface area contributed by atoms with Crippen molar-refractivity contribution in [2.75, 3.05) is 11.9 Å². The highest BCUT2D eigenvalue weighted by Gasteiger charge is 2.22. The van der Waals surface area contributed by atoms with E-state index in [1.165, 1.54) is 12.3 Å². The normalized spacial score (nSPS) is 11.7. The third-order valence-corrected chi connectivity index (χ3v) is 2.56. The maximum absolute atomic E-state index is 11.0. The van der Waals surface area contributed by atoms with Crippen LogP contribution in [0.3, 0.4) is 0 Å². The second kappa shape index (κ2) is 5.30. The van der Waals surface area contributed by atoms with Crippen molar-refractivity contribution in [3.05, 3.63) is 27.9 Å². The van der Waals surface area contributed by atoms with Gasteiger partial charge in [0, 0.05) is 30.9 Å². The predicted molar refractivity (Wildman–Crippen MR) is 66.9 cm³/mol. The van der Waals surface area contributed by atoms with E-state index in [4.69, 9.17) is 10.9 Å². The van der Waals surface area contributed by atoms with E-state index in [1.54, 1.807) is 11.9 Å². The van der Waals surface area contributed by atoms with Gasteiger partial charge in [-0.1, -0.05) is 5.16 Å². The molecule has 8 heteroatoms. The van der Waals surface area contributed by atoms with Gasteiger partial charge in [-0.25, -0.2) is 4.98 Å². The van der Waals surface area contributed by atoms with Crippen LogP contribution in [0.4, 0.5) is 11.5 Å². The molecule has 0 bridgehead atoms. The Balaban J connectivity index is 3.34. The largest absolute Gasteiger partial charge is 0.409 e. The number of hydrogen-bond acceptors (Lipinski definition) is 6.